The van der Waals surface area contributed by atoms with Crippen LogP contribution in [-0.2, 0) is 21.1 Å². The summed E-state index contributed by atoms with van der Waals surface area (Å²) in [5, 5.41) is 5.96. The number of hydrogen-bond donors (Lipinski definition) is 2. The van der Waals surface area contributed by atoms with Crippen molar-refractivity contribution in [2.24, 2.45) is 0 Å². The van der Waals surface area contributed by atoms with E-state index in [1.807, 2.05) is 0 Å². The second-order valence-electron chi connectivity index (χ2n) is 6.51. The van der Waals surface area contributed by atoms with Crippen LogP contribution >= 0.6 is 0 Å². The van der Waals surface area contributed by atoms with Gasteiger partial charge >= 0.3 is 6.18 Å². The van der Waals surface area contributed by atoms with Gasteiger partial charge in [0.15, 0.2) is 0 Å². The molecule has 1 aliphatic heterocycles. The summed E-state index contributed by atoms with van der Waals surface area (Å²) in [6.45, 7) is 1.88. The van der Waals surface area contributed by atoms with Crippen LogP contribution in [0.1, 0.15) is 30.4 Å². The van der Waals surface area contributed by atoms with Gasteiger partial charge in [-0.25, -0.2) is 0 Å². The average molecular weight is 342 g/mol. The number of carbonyl (C=O) groups is 1. The Labute approximate surface area is 138 Å². The predicted octanol–water partition coefficient (Wildman–Crippen LogP) is 2.23. The standard InChI is InChI=1S/C17H21F3N2O2/c18-17(19,20)13-4-1-3-12(9-13)16(5-2-6-16)11-22-15(23)14-10-24-8-7-21-14/h1,3-4,9,14,21H,2,5-8,10-11H2,(H,22,23)/t14-/m1/s1. The first kappa shape index (κ1) is 17.2. The number of hydrogen-bond acceptors (Lipinski definition) is 3. The quantitative estimate of drug-likeness (QED) is 0.882. The number of morpholine rings is 1. The van der Waals surface area contributed by atoms with Crippen LogP contribution in [0.2, 0.25) is 0 Å². The van der Waals surface area contributed by atoms with Gasteiger partial charge in [0, 0.05) is 18.5 Å². The molecule has 0 unspecified atom stereocenters. The lowest BCUT2D eigenvalue weighted by atomic mass is 9.64. The molecule has 132 valence electrons. The van der Waals surface area contributed by atoms with Gasteiger partial charge in [0.1, 0.15) is 6.04 Å². The van der Waals surface area contributed by atoms with E-state index in [1.165, 1.54) is 12.1 Å². The van der Waals surface area contributed by atoms with Crippen LogP contribution < -0.4 is 10.6 Å². The van der Waals surface area contributed by atoms with E-state index in [2.05, 4.69) is 10.6 Å². The van der Waals surface area contributed by atoms with Gasteiger partial charge in [-0.1, -0.05) is 24.6 Å². The van der Waals surface area contributed by atoms with Crippen LogP contribution in [0.3, 0.4) is 0 Å². The molecule has 2 aliphatic rings. The summed E-state index contributed by atoms with van der Waals surface area (Å²) in [5.74, 6) is -0.159. The van der Waals surface area contributed by atoms with Gasteiger partial charge in [0.2, 0.25) is 5.91 Å². The molecule has 0 bridgehead atoms. The molecule has 3 rings (SSSR count). The fourth-order valence-electron chi connectivity index (χ4n) is 3.31. The van der Waals surface area contributed by atoms with Crippen molar-refractivity contribution in [2.45, 2.75) is 36.9 Å². The van der Waals surface area contributed by atoms with Crippen LogP contribution in [0.5, 0.6) is 0 Å². The van der Waals surface area contributed by atoms with Crippen molar-refractivity contribution in [3.63, 3.8) is 0 Å². The van der Waals surface area contributed by atoms with E-state index in [4.69, 9.17) is 4.74 Å². The summed E-state index contributed by atoms with van der Waals surface area (Å²) in [4.78, 5) is 12.2. The monoisotopic (exact) mass is 342 g/mol. The zero-order valence-corrected chi connectivity index (χ0v) is 13.3. The predicted molar refractivity (Wildman–Crippen MR) is 82.6 cm³/mol. The molecule has 1 atom stereocenters. The van der Waals surface area contributed by atoms with E-state index in [9.17, 15) is 18.0 Å². The Balaban J connectivity index is 1.69. The van der Waals surface area contributed by atoms with Crippen LogP contribution in [0, 0.1) is 0 Å². The second kappa shape index (κ2) is 6.72. The van der Waals surface area contributed by atoms with Gasteiger partial charge in [-0.15, -0.1) is 0 Å². The number of alkyl halides is 3. The first-order chi connectivity index (χ1) is 11.4. The molecule has 0 aromatic heterocycles. The molecule has 24 heavy (non-hydrogen) atoms. The van der Waals surface area contributed by atoms with Crippen molar-refractivity contribution in [3.8, 4) is 0 Å². The Morgan fingerprint density at radius 2 is 2.17 bits per heavy atom. The molecule has 1 aromatic carbocycles. The number of amides is 1. The first-order valence-electron chi connectivity index (χ1n) is 8.17. The Kier molecular flexibility index (Phi) is 4.83. The largest absolute Gasteiger partial charge is 0.416 e. The lowest BCUT2D eigenvalue weighted by Crippen LogP contribution is -2.54. The number of ether oxygens (including phenoxy) is 1. The Hall–Kier alpha value is -1.60. The molecule has 1 aliphatic carbocycles. The van der Waals surface area contributed by atoms with Crippen molar-refractivity contribution in [1.29, 1.82) is 0 Å². The summed E-state index contributed by atoms with van der Waals surface area (Å²) in [6, 6.07) is 5.07. The summed E-state index contributed by atoms with van der Waals surface area (Å²) in [7, 11) is 0. The number of benzene rings is 1. The maximum Gasteiger partial charge on any atom is 0.416 e. The first-order valence-corrected chi connectivity index (χ1v) is 8.17. The van der Waals surface area contributed by atoms with E-state index in [1.54, 1.807) is 6.07 Å². The highest BCUT2D eigenvalue weighted by Gasteiger charge is 2.41. The molecular formula is C17H21F3N2O2. The lowest BCUT2D eigenvalue weighted by Gasteiger charge is -2.43. The maximum absolute atomic E-state index is 12.9. The van der Waals surface area contributed by atoms with E-state index in [0.717, 1.165) is 25.3 Å². The highest BCUT2D eigenvalue weighted by Crippen LogP contribution is 2.44. The highest BCUT2D eigenvalue weighted by atomic mass is 19.4. The summed E-state index contributed by atoms with van der Waals surface area (Å²) < 4.78 is 44.1. The Morgan fingerprint density at radius 3 is 2.75 bits per heavy atom. The van der Waals surface area contributed by atoms with Gasteiger partial charge in [-0.2, -0.15) is 13.2 Å². The van der Waals surface area contributed by atoms with Crippen LogP contribution in [-0.4, -0.2) is 38.3 Å². The van der Waals surface area contributed by atoms with Crippen LogP contribution in [0.4, 0.5) is 13.2 Å². The van der Waals surface area contributed by atoms with Crippen molar-refractivity contribution >= 4 is 5.91 Å². The minimum absolute atomic E-state index is 0.159. The minimum atomic E-state index is -4.35. The molecule has 2 N–H and O–H groups in total. The molecule has 0 spiro atoms. The van der Waals surface area contributed by atoms with Gasteiger partial charge in [-0.05, 0) is 24.5 Å². The summed E-state index contributed by atoms with van der Waals surface area (Å²) in [5.41, 5.74) is -0.386. The smallest absolute Gasteiger partial charge is 0.378 e. The van der Waals surface area contributed by atoms with Crippen molar-refractivity contribution in [1.82, 2.24) is 10.6 Å². The normalized spacial score (nSPS) is 23.4. The van der Waals surface area contributed by atoms with E-state index >= 15 is 0 Å². The van der Waals surface area contributed by atoms with Crippen molar-refractivity contribution in [3.05, 3.63) is 35.4 Å². The maximum atomic E-state index is 12.9. The number of rotatable bonds is 4. The summed E-state index contributed by atoms with van der Waals surface area (Å²) >= 11 is 0. The SMILES string of the molecule is O=C(NCC1(c2cccc(C(F)(F)F)c2)CCC1)[C@H]1COCCN1. The van der Waals surface area contributed by atoms with E-state index in [0.29, 0.717) is 31.9 Å². The highest BCUT2D eigenvalue weighted by molar-refractivity contribution is 5.82. The molecule has 4 nitrogen and oxygen atoms in total. The zero-order chi connectivity index (χ0) is 17.2. The van der Waals surface area contributed by atoms with Crippen molar-refractivity contribution in [2.75, 3.05) is 26.3 Å². The molecule has 7 heteroatoms. The zero-order valence-electron chi connectivity index (χ0n) is 13.3. The van der Waals surface area contributed by atoms with Crippen LogP contribution in [0.15, 0.2) is 24.3 Å². The third-order valence-corrected chi connectivity index (χ3v) is 4.95. The third-order valence-electron chi connectivity index (χ3n) is 4.95. The van der Waals surface area contributed by atoms with Gasteiger partial charge in [0.25, 0.3) is 0 Å². The molecule has 1 heterocycles. The molecule has 0 radical (unpaired) electrons. The Bertz CT molecular complexity index is 594. The summed E-state index contributed by atoms with van der Waals surface area (Å²) in [6.07, 6.45) is -1.84. The van der Waals surface area contributed by atoms with Crippen molar-refractivity contribution < 1.29 is 22.7 Å². The number of nitrogens with one attached hydrogen (secondary N) is 2. The second-order valence-corrected chi connectivity index (χ2v) is 6.51. The molecule has 2 fully saturated rings. The molecular weight excluding hydrogens is 321 g/mol. The molecule has 1 aromatic rings. The fraction of sp³-hybridized carbons (Fsp3) is 0.588. The topological polar surface area (TPSA) is 50.4 Å². The van der Waals surface area contributed by atoms with Gasteiger partial charge in [0.05, 0.1) is 18.8 Å². The fourth-order valence-corrected chi connectivity index (χ4v) is 3.31. The van der Waals surface area contributed by atoms with E-state index in [-0.39, 0.29) is 5.91 Å². The number of halogens is 3. The van der Waals surface area contributed by atoms with Gasteiger partial charge < -0.3 is 15.4 Å². The third kappa shape index (κ3) is 3.57. The number of carbonyl (C=O) groups excluding carboxylic acids is 1. The van der Waals surface area contributed by atoms with Gasteiger partial charge in [-0.3, -0.25) is 4.79 Å². The average Bonchev–Trinajstić information content (AvgIpc) is 2.54. The molecule has 1 saturated heterocycles. The Morgan fingerprint density at radius 1 is 1.38 bits per heavy atom. The van der Waals surface area contributed by atoms with Crippen LogP contribution in [0.25, 0.3) is 0 Å². The minimum Gasteiger partial charge on any atom is -0.378 e. The van der Waals surface area contributed by atoms with E-state index < -0.39 is 23.2 Å². The molecule has 1 amide bonds. The molecule has 1 saturated carbocycles. The lowest BCUT2D eigenvalue weighted by molar-refractivity contribution is -0.137.